The van der Waals surface area contributed by atoms with E-state index in [0.29, 0.717) is 0 Å². The molecule has 1 aliphatic carbocycles. The van der Waals surface area contributed by atoms with Gasteiger partial charge in [0.2, 0.25) is 0 Å². The van der Waals surface area contributed by atoms with Crippen molar-refractivity contribution in [2.24, 2.45) is 17.6 Å². The summed E-state index contributed by atoms with van der Waals surface area (Å²) >= 11 is 0. The van der Waals surface area contributed by atoms with Gasteiger partial charge in [0.05, 0.1) is 5.92 Å². The average molecular weight is 271 g/mol. The Labute approximate surface area is 114 Å². The van der Waals surface area contributed by atoms with E-state index in [1.54, 1.807) is 20.8 Å². The number of nitrogens with two attached hydrogens (primary N) is 1. The highest BCUT2D eigenvalue weighted by Crippen LogP contribution is 2.33. The molecule has 1 rings (SSSR count). The molecule has 5 heteroatoms. The number of carboxylic acids is 1. The highest BCUT2D eigenvalue weighted by molar-refractivity contribution is 5.83. The van der Waals surface area contributed by atoms with Gasteiger partial charge >= 0.3 is 11.9 Å². The highest BCUT2D eigenvalue weighted by atomic mass is 16.6. The summed E-state index contributed by atoms with van der Waals surface area (Å²) in [4.78, 5) is 23.4. The van der Waals surface area contributed by atoms with Crippen molar-refractivity contribution in [1.82, 2.24) is 0 Å². The maximum Gasteiger partial charge on any atom is 0.321 e. The van der Waals surface area contributed by atoms with Gasteiger partial charge in [0.15, 0.2) is 0 Å². The fourth-order valence-electron chi connectivity index (χ4n) is 2.65. The molecule has 2 atom stereocenters. The van der Waals surface area contributed by atoms with E-state index >= 15 is 0 Å². The van der Waals surface area contributed by atoms with Crippen LogP contribution in [0.25, 0.3) is 0 Å². The van der Waals surface area contributed by atoms with Gasteiger partial charge in [-0.15, -0.1) is 0 Å². The number of hydrogen-bond donors (Lipinski definition) is 2. The van der Waals surface area contributed by atoms with Crippen molar-refractivity contribution in [3.05, 3.63) is 0 Å². The first-order valence-corrected chi connectivity index (χ1v) is 6.93. The molecule has 1 aliphatic rings. The van der Waals surface area contributed by atoms with Crippen molar-refractivity contribution < 1.29 is 19.4 Å². The van der Waals surface area contributed by atoms with Crippen LogP contribution in [0.4, 0.5) is 0 Å². The molecule has 0 unspecified atom stereocenters. The second-order valence-corrected chi connectivity index (χ2v) is 6.32. The van der Waals surface area contributed by atoms with E-state index in [1.807, 2.05) is 0 Å². The zero-order chi connectivity index (χ0) is 14.6. The van der Waals surface area contributed by atoms with Crippen LogP contribution in [-0.2, 0) is 14.3 Å². The van der Waals surface area contributed by atoms with Crippen LogP contribution in [0.3, 0.4) is 0 Å². The van der Waals surface area contributed by atoms with Crippen LogP contribution >= 0.6 is 0 Å². The van der Waals surface area contributed by atoms with Crippen molar-refractivity contribution in [1.29, 1.82) is 0 Å². The van der Waals surface area contributed by atoms with E-state index in [9.17, 15) is 9.59 Å². The van der Waals surface area contributed by atoms with E-state index in [4.69, 9.17) is 15.6 Å². The fraction of sp³-hybridized carbons (Fsp3) is 0.857. The molecule has 19 heavy (non-hydrogen) atoms. The molecule has 0 aromatic heterocycles. The van der Waals surface area contributed by atoms with Crippen LogP contribution in [0.2, 0.25) is 0 Å². The lowest BCUT2D eigenvalue weighted by atomic mass is 9.76. The Morgan fingerprint density at radius 1 is 1.21 bits per heavy atom. The van der Waals surface area contributed by atoms with Crippen molar-refractivity contribution >= 4 is 11.9 Å². The second kappa shape index (κ2) is 6.37. The van der Waals surface area contributed by atoms with Crippen molar-refractivity contribution in [3.8, 4) is 0 Å². The minimum Gasteiger partial charge on any atom is -0.480 e. The summed E-state index contributed by atoms with van der Waals surface area (Å²) in [6.07, 6.45) is 4.89. The molecule has 0 heterocycles. The topological polar surface area (TPSA) is 89.6 Å². The number of carbonyl (C=O) groups is 2. The molecule has 0 aromatic rings. The maximum atomic E-state index is 12.2. The summed E-state index contributed by atoms with van der Waals surface area (Å²) in [5.74, 6) is -2.33. The van der Waals surface area contributed by atoms with Crippen LogP contribution in [0.5, 0.6) is 0 Å². The van der Waals surface area contributed by atoms with Crippen molar-refractivity contribution in [2.45, 2.75) is 64.5 Å². The van der Waals surface area contributed by atoms with E-state index in [1.165, 1.54) is 0 Å². The molecule has 0 radical (unpaired) electrons. The largest absolute Gasteiger partial charge is 0.480 e. The van der Waals surface area contributed by atoms with Crippen LogP contribution < -0.4 is 5.73 Å². The first kappa shape index (κ1) is 16.0. The lowest BCUT2D eigenvalue weighted by Crippen LogP contribution is -2.48. The lowest BCUT2D eigenvalue weighted by Gasteiger charge is -2.33. The molecule has 5 nitrogen and oxygen atoms in total. The number of aliphatic carboxylic acids is 1. The zero-order valence-electron chi connectivity index (χ0n) is 12.0. The molecule has 0 aromatic carbocycles. The highest BCUT2D eigenvalue weighted by Gasteiger charge is 2.40. The van der Waals surface area contributed by atoms with Gasteiger partial charge in [-0.05, 0) is 39.5 Å². The minimum absolute atomic E-state index is 0.0229. The number of esters is 1. The first-order chi connectivity index (χ1) is 8.72. The molecule has 0 bridgehead atoms. The van der Waals surface area contributed by atoms with Gasteiger partial charge in [0, 0.05) is 0 Å². The van der Waals surface area contributed by atoms with Crippen LogP contribution in [-0.4, -0.2) is 28.7 Å². The maximum absolute atomic E-state index is 12.2. The third kappa shape index (κ3) is 4.82. The van der Waals surface area contributed by atoms with Gasteiger partial charge in [-0.25, -0.2) is 0 Å². The van der Waals surface area contributed by atoms with Gasteiger partial charge in [0.25, 0.3) is 0 Å². The molecule has 110 valence electrons. The number of rotatable bonds is 4. The Bertz CT molecular complexity index is 329. The average Bonchev–Trinajstić information content (AvgIpc) is 2.28. The SMILES string of the molecule is CC(C)(C)OC(=O)[C@@H](C1CCCCC1)[C@@H](N)C(=O)O. The van der Waals surface area contributed by atoms with E-state index in [2.05, 4.69) is 0 Å². The molecule has 0 aliphatic heterocycles. The zero-order valence-corrected chi connectivity index (χ0v) is 12.0. The lowest BCUT2D eigenvalue weighted by molar-refractivity contribution is -0.167. The summed E-state index contributed by atoms with van der Waals surface area (Å²) in [7, 11) is 0. The third-order valence-corrected chi connectivity index (χ3v) is 3.51. The number of ether oxygens (including phenoxy) is 1. The van der Waals surface area contributed by atoms with Gasteiger partial charge in [-0.1, -0.05) is 19.3 Å². The Morgan fingerprint density at radius 2 is 1.74 bits per heavy atom. The molecule has 1 fully saturated rings. The standard InChI is InChI=1S/C14H25NO4/c1-14(2,3)19-13(18)10(11(15)12(16)17)9-7-5-4-6-8-9/h9-11H,4-8,15H2,1-3H3,(H,16,17)/t10-,11+/m0/s1. The fourth-order valence-corrected chi connectivity index (χ4v) is 2.65. The summed E-state index contributed by atoms with van der Waals surface area (Å²) in [5, 5.41) is 9.10. The molecular formula is C14H25NO4. The molecule has 0 saturated heterocycles. The Balaban J connectivity index is 2.84. The Hall–Kier alpha value is -1.10. The Morgan fingerprint density at radius 3 is 2.16 bits per heavy atom. The van der Waals surface area contributed by atoms with Gasteiger partial charge in [0.1, 0.15) is 11.6 Å². The van der Waals surface area contributed by atoms with Gasteiger partial charge in [-0.3, -0.25) is 9.59 Å². The molecule has 1 saturated carbocycles. The smallest absolute Gasteiger partial charge is 0.321 e. The molecule has 0 amide bonds. The number of carbonyl (C=O) groups excluding carboxylic acids is 1. The third-order valence-electron chi connectivity index (χ3n) is 3.51. The number of carboxylic acid groups (broad SMARTS) is 1. The second-order valence-electron chi connectivity index (χ2n) is 6.32. The van der Waals surface area contributed by atoms with E-state index in [-0.39, 0.29) is 5.92 Å². The number of hydrogen-bond acceptors (Lipinski definition) is 4. The van der Waals surface area contributed by atoms with E-state index < -0.39 is 29.5 Å². The quantitative estimate of drug-likeness (QED) is 0.763. The van der Waals surface area contributed by atoms with Crippen LogP contribution in [0.1, 0.15) is 52.9 Å². The van der Waals surface area contributed by atoms with Crippen LogP contribution in [0.15, 0.2) is 0 Å². The normalized spacial score (nSPS) is 20.6. The van der Waals surface area contributed by atoms with E-state index in [0.717, 1.165) is 32.1 Å². The first-order valence-electron chi connectivity index (χ1n) is 6.93. The molecular weight excluding hydrogens is 246 g/mol. The van der Waals surface area contributed by atoms with Crippen LogP contribution in [0, 0.1) is 11.8 Å². The molecule has 0 spiro atoms. The molecule has 3 N–H and O–H groups in total. The monoisotopic (exact) mass is 271 g/mol. The summed E-state index contributed by atoms with van der Waals surface area (Å²) in [6.45, 7) is 5.32. The Kier molecular flexibility index (Phi) is 5.35. The minimum atomic E-state index is -1.18. The predicted molar refractivity (Wildman–Crippen MR) is 71.5 cm³/mol. The summed E-state index contributed by atoms with van der Waals surface area (Å²) < 4.78 is 5.34. The predicted octanol–water partition coefficient (Wildman–Crippen LogP) is 1.94. The van der Waals surface area contributed by atoms with Crippen molar-refractivity contribution in [3.63, 3.8) is 0 Å². The summed E-state index contributed by atoms with van der Waals surface area (Å²) in [6, 6.07) is -1.18. The van der Waals surface area contributed by atoms with Gasteiger partial charge in [-0.2, -0.15) is 0 Å². The van der Waals surface area contributed by atoms with Gasteiger partial charge < -0.3 is 15.6 Å². The van der Waals surface area contributed by atoms with Crippen molar-refractivity contribution in [2.75, 3.05) is 0 Å². The summed E-state index contributed by atoms with van der Waals surface area (Å²) in [5.41, 5.74) is 5.09.